The molecule has 2 aliphatic rings. The molecular formula is C21H29N5O. The van der Waals surface area contributed by atoms with Crippen molar-refractivity contribution in [3.63, 3.8) is 0 Å². The van der Waals surface area contributed by atoms with Crippen LogP contribution in [0.4, 0.5) is 0 Å². The van der Waals surface area contributed by atoms with Gasteiger partial charge < -0.3 is 9.47 Å². The van der Waals surface area contributed by atoms with Gasteiger partial charge >= 0.3 is 0 Å². The molecule has 4 rings (SSSR count). The molecule has 1 atom stereocenters. The lowest BCUT2D eigenvalue weighted by Crippen LogP contribution is -2.39. The summed E-state index contributed by atoms with van der Waals surface area (Å²) in [6, 6.07) is 9.57. The van der Waals surface area contributed by atoms with Crippen molar-refractivity contribution in [2.24, 2.45) is 7.05 Å². The third-order valence-electron chi connectivity index (χ3n) is 5.91. The highest BCUT2D eigenvalue weighted by Gasteiger charge is 2.29. The van der Waals surface area contributed by atoms with Crippen molar-refractivity contribution in [1.29, 1.82) is 0 Å². The topological polar surface area (TPSA) is 54.3 Å². The molecule has 6 heteroatoms. The zero-order valence-electron chi connectivity index (χ0n) is 16.2. The molecule has 6 nitrogen and oxygen atoms in total. The van der Waals surface area contributed by atoms with Gasteiger partial charge in [-0.15, -0.1) is 10.2 Å². The van der Waals surface area contributed by atoms with Crippen LogP contribution in [-0.2, 0) is 13.6 Å². The van der Waals surface area contributed by atoms with Crippen LogP contribution in [0.1, 0.15) is 60.0 Å². The Kier molecular flexibility index (Phi) is 5.53. The predicted octanol–water partition coefficient (Wildman–Crippen LogP) is 2.82. The smallest absolute Gasteiger partial charge is 0.253 e. The van der Waals surface area contributed by atoms with Gasteiger partial charge in [0.1, 0.15) is 11.6 Å². The molecule has 2 aromatic rings. The molecule has 2 saturated heterocycles. The number of amides is 1. The van der Waals surface area contributed by atoms with E-state index in [4.69, 9.17) is 0 Å². The molecule has 1 amide bonds. The maximum absolute atomic E-state index is 12.8. The Hall–Kier alpha value is -2.21. The number of carbonyl (C=O) groups excluding carboxylic acids is 1. The molecule has 27 heavy (non-hydrogen) atoms. The summed E-state index contributed by atoms with van der Waals surface area (Å²) in [6.45, 7) is 4.74. The highest BCUT2D eigenvalue weighted by Crippen LogP contribution is 2.27. The van der Waals surface area contributed by atoms with E-state index in [1.165, 1.54) is 19.3 Å². The average molecular weight is 367 g/mol. The SMILES string of the molecule is Cn1c(CN2CCCCC2)nnc1[C@@H]1CCCN(C(=O)c2ccccc2)C1. The maximum atomic E-state index is 12.8. The van der Waals surface area contributed by atoms with Gasteiger partial charge in [0.2, 0.25) is 0 Å². The van der Waals surface area contributed by atoms with E-state index in [2.05, 4.69) is 26.7 Å². The average Bonchev–Trinajstić information content (AvgIpc) is 3.09. The third kappa shape index (κ3) is 4.05. The minimum absolute atomic E-state index is 0.121. The van der Waals surface area contributed by atoms with Crippen molar-refractivity contribution in [1.82, 2.24) is 24.6 Å². The summed E-state index contributed by atoms with van der Waals surface area (Å²) in [5.74, 6) is 2.45. The van der Waals surface area contributed by atoms with E-state index in [-0.39, 0.29) is 11.8 Å². The molecule has 0 saturated carbocycles. The molecule has 0 N–H and O–H groups in total. The molecule has 3 heterocycles. The number of nitrogens with zero attached hydrogens (tertiary/aromatic N) is 5. The van der Waals surface area contributed by atoms with E-state index in [1.54, 1.807) is 0 Å². The lowest BCUT2D eigenvalue weighted by Gasteiger charge is -2.32. The molecule has 0 radical (unpaired) electrons. The van der Waals surface area contributed by atoms with Crippen LogP contribution in [-0.4, -0.2) is 56.7 Å². The van der Waals surface area contributed by atoms with Gasteiger partial charge in [0.15, 0.2) is 0 Å². The van der Waals surface area contributed by atoms with Gasteiger partial charge in [0.25, 0.3) is 5.91 Å². The first-order chi connectivity index (χ1) is 13.2. The lowest BCUT2D eigenvalue weighted by atomic mass is 9.96. The van der Waals surface area contributed by atoms with Crippen LogP contribution < -0.4 is 0 Å². The summed E-state index contributed by atoms with van der Waals surface area (Å²) in [6.07, 6.45) is 5.98. The summed E-state index contributed by atoms with van der Waals surface area (Å²) >= 11 is 0. The van der Waals surface area contributed by atoms with Gasteiger partial charge in [0.05, 0.1) is 6.54 Å². The largest absolute Gasteiger partial charge is 0.338 e. The molecule has 0 spiro atoms. The number of hydrogen-bond acceptors (Lipinski definition) is 4. The molecule has 144 valence electrons. The second-order valence-electron chi connectivity index (χ2n) is 7.83. The number of benzene rings is 1. The quantitative estimate of drug-likeness (QED) is 0.834. The number of hydrogen-bond donors (Lipinski definition) is 0. The molecule has 0 aliphatic carbocycles. The van der Waals surface area contributed by atoms with E-state index < -0.39 is 0 Å². The molecule has 0 unspecified atom stereocenters. The van der Waals surface area contributed by atoms with E-state index in [0.717, 1.165) is 62.8 Å². The van der Waals surface area contributed by atoms with Gasteiger partial charge in [-0.25, -0.2) is 0 Å². The van der Waals surface area contributed by atoms with Gasteiger partial charge in [-0.1, -0.05) is 24.6 Å². The van der Waals surface area contributed by atoms with Gasteiger partial charge in [-0.3, -0.25) is 9.69 Å². The Morgan fingerprint density at radius 3 is 2.59 bits per heavy atom. The molecule has 2 fully saturated rings. The van der Waals surface area contributed by atoms with Crippen LogP contribution in [0.25, 0.3) is 0 Å². The van der Waals surface area contributed by atoms with Gasteiger partial charge in [-0.05, 0) is 50.9 Å². The second kappa shape index (κ2) is 8.21. The van der Waals surface area contributed by atoms with Crippen molar-refractivity contribution in [3.8, 4) is 0 Å². The van der Waals surface area contributed by atoms with Crippen molar-refractivity contribution >= 4 is 5.91 Å². The highest BCUT2D eigenvalue weighted by atomic mass is 16.2. The van der Waals surface area contributed by atoms with E-state index in [1.807, 2.05) is 35.2 Å². The number of rotatable bonds is 4. The van der Waals surface area contributed by atoms with Crippen molar-refractivity contribution in [3.05, 3.63) is 47.5 Å². The Balaban J connectivity index is 1.44. The fourth-order valence-corrected chi connectivity index (χ4v) is 4.32. The van der Waals surface area contributed by atoms with Crippen LogP contribution in [0.3, 0.4) is 0 Å². The summed E-state index contributed by atoms with van der Waals surface area (Å²) in [4.78, 5) is 17.3. The lowest BCUT2D eigenvalue weighted by molar-refractivity contribution is 0.0703. The van der Waals surface area contributed by atoms with Crippen LogP contribution in [0.5, 0.6) is 0 Å². The Morgan fingerprint density at radius 1 is 1.04 bits per heavy atom. The third-order valence-corrected chi connectivity index (χ3v) is 5.91. The fourth-order valence-electron chi connectivity index (χ4n) is 4.32. The van der Waals surface area contributed by atoms with Crippen LogP contribution >= 0.6 is 0 Å². The number of carbonyl (C=O) groups is 1. The Labute approximate surface area is 161 Å². The minimum atomic E-state index is 0.121. The Bertz CT molecular complexity index is 766. The summed E-state index contributed by atoms with van der Waals surface area (Å²) < 4.78 is 2.16. The normalized spacial score (nSPS) is 21.4. The zero-order valence-corrected chi connectivity index (χ0v) is 16.2. The first kappa shape index (κ1) is 18.2. The molecule has 1 aromatic heterocycles. The van der Waals surface area contributed by atoms with Crippen LogP contribution in [0.2, 0.25) is 0 Å². The second-order valence-corrected chi connectivity index (χ2v) is 7.83. The Morgan fingerprint density at radius 2 is 1.81 bits per heavy atom. The number of likely N-dealkylation sites (tertiary alicyclic amines) is 2. The first-order valence-corrected chi connectivity index (χ1v) is 10.2. The zero-order chi connectivity index (χ0) is 18.6. The van der Waals surface area contributed by atoms with Gasteiger partial charge in [0, 0.05) is 31.6 Å². The molecule has 1 aromatic carbocycles. The standard InChI is InChI=1S/C21H29N5O/c1-24-19(16-25-12-6-3-7-13-25)22-23-20(24)18-11-8-14-26(15-18)21(27)17-9-4-2-5-10-17/h2,4-5,9-10,18H,3,6-8,11-16H2,1H3/t18-/m1/s1. The fraction of sp³-hybridized carbons (Fsp3) is 0.571. The predicted molar refractivity (Wildman–Crippen MR) is 104 cm³/mol. The molecule has 2 aliphatic heterocycles. The van der Waals surface area contributed by atoms with Crippen molar-refractivity contribution < 1.29 is 4.79 Å². The summed E-state index contributed by atoms with van der Waals surface area (Å²) in [5.41, 5.74) is 0.766. The summed E-state index contributed by atoms with van der Waals surface area (Å²) in [5, 5.41) is 9.00. The highest BCUT2D eigenvalue weighted by molar-refractivity contribution is 5.94. The van der Waals surface area contributed by atoms with Crippen LogP contribution in [0.15, 0.2) is 30.3 Å². The van der Waals surface area contributed by atoms with Crippen molar-refractivity contribution in [2.75, 3.05) is 26.2 Å². The summed E-state index contributed by atoms with van der Waals surface area (Å²) in [7, 11) is 2.08. The minimum Gasteiger partial charge on any atom is -0.338 e. The molecular weight excluding hydrogens is 338 g/mol. The van der Waals surface area contributed by atoms with E-state index in [9.17, 15) is 4.79 Å². The maximum Gasteiger partial charge on any atom is 0.253 e. The number of piperidine rings is 2. The number of aromatic nitrogens is 3. The van der Waals surface area contributed by atoms with Crippen molar-refractivity contribution in [2.45, 2.75) is 44.6 Å². The van der Waals surface area contributed by atoms with E-state index >= 15 is 0 Å². The van der Waals surface area contributed by atoms with E-state index in [0.29, 0.717) is 0 Å². The monoisotopic (exact) mass is 367 g/mol. The van der Waals surface area contributed by atoms with Crippen LogP contribution in [0, 0.1) is 0 Å². The first-order valence-electron chi connectivity index (χ1n) is 10.2. The molecule has 0 bridgehead atoms. The van der Waals surface area contributed by atoms with Gasteiger partial charge in [-0.2, -0.15) is 0 Å².